The molecule has 1 rings (SSSR count). The summed E-state index contributed by atoms with van der Waals surface area (Å²) in [4.78, 5) is 198. The van der Waals surface area contributed by atoms with Crippen LogP contribution in [0.15, 0.2) is 11.6 Å². The SMILES string of the molecule is CC[C@@H]1NC(=O)[C@H](C[C@H](C)CCCCCCNC(=O)OC(C)(C)C)N(C)C(=O)[C@H](C(C)C)N(C)C(=O)[C@H](CC(C)C)N(C)C(=O)[C@H](C=C(C)C)N(C)C(=O)[C@H](C)NC(=O)[C@@H](C)NC(=O)[C@@H](CC(C)C)N(C)C(=O)[C@@H](C(C)C)NC(=O)[C@H](CC(C)C)N(C)C(=O)[C@@H](CSC(C)(C)CCC(=O)O)N(C)C1=O. The van der Waals surface area contributed by atoms with E-state index in [9.17, 15) is 33.9 Å². The minimum Gasteiger partial charge on any atom is -0.481 e. The van der Waals surface area contributed by atoms with Crippen molar-refractivity contribution in [2.45, 2.75) is 299 Å². The van der Waals surface area contributed by atoms with Crippen LogP contribution in [0.1, 0.15) is 222 Å². The number of likely N-dealkylation sites (N-methyl/N-ethyl adjacent to an activating group) is 7. The molecule has 0 spiro atoms. The second-order valence-electron chi connectivity index (χ2n) is 32.6. The number of ether oxygens (including phenoxy) is 1. The van der Waals surface area contributed by atoms with Gasteiger partial charge in [-0.25, -0.2) is 4.79 Å². The van der Waals surface area contributed by atoms with Crippen LogP contribution in [-0.4, -0.2) is 255 Å². The van der Waals surface area contributed by atoms with Gasteiger partial charge in [-0.1, -0.05) is 134 Å². The van der Waals surface area contributed by atoms with Crippen molar-refractivity contribution in [1.82, 2.24) is 60.9 Å². The Kier molecular flexibility index (Phi) is 39.8. The van der Waals surface area contributed by atoms with Gasteiger partial charge in [0.05, 0.1) is 0 Å². The number of hydrogen-bond acceptors (Lipinski definition) is 15. The van der Waals surface area contributed by atoms with Crippen molar-refractivity contribution in [2.24, 2.45) is 35.5 Å². The van der Waals surface area contributed by atoms with Crippen LogP contribution in [0, 0.1) is 35.5 Å². The number of thioether (sulfide) groups is 1. The molecule has 12 amide bonds. The summed E-state index contributed by atoms with van der Waals surface area (Å²) in [5.41, 5.74) is 0.000347. The number of alkyl carbamates (subject to hydrolysis) is 1. The highest BCUT2D eigenvalue weighted by atomic mass is 32.2. The second kappa shape index (κ2) is 43.6. The maximum atomic E-state index is 15.6. The first-order chi connectivity index (χ1) is 47.9. The molecule has 1 heterocycles. The van der Waals surface area contributed by atoms with Gasteiger partial charge in [0, 0.05) is 72.8 Å². The van der Waals surface area contributed by atoms with Crippen molar-refractivity contribution in [3.63, 3.8) is 0 Å². The summed E-state index contributed by atoms with van der Waals surface area (Å²) in [6, 6.07) is -13.9. The number of amides is 12. The highest BCUT2D eigenvalue weighted by Gasteiger charge is 2.45. The Labute approximate surface area is 627 Å². The van der Waals surface area contributed by atoms with Gasteiger partial charge in [-0.05, 0) is 129 Å². The number of carbonyl (C=O) groups is 13. The summed E-state index contributed by atoms with van der Waals surface area (Å²) in [5, 5.41) is 23.7. The molecule has 0 bridgehead atoms. The molecule has 0 saturated carbocycles. The average molecular weight is 1490 g/mol. The molecule has 27 nitrogen and oxygen atoms in total. The molecule has 1 fully saturated rings. The van der Waals surface area contributed by atoms with Crippen LogP contribution in [0.5, 0.6) is 0 Å². The minimum atomic E-state index is -1.34. The van der Waals surface area contributed by atoms with E-state index in [1.165, 1.54) is 109 Å². The van der Waals surface area contributed by atoms with Gasteiger partial charge in [0.1, 0.15) is 72.1 Å². The van der Waals surface area contributed by atoms with Crippen molar-refractivity contribution >= 4 is 88.8 Å². The number of unbranched alkanes of at least 4 members (excludes halogenated alkanes) is 3. The topological polar surface area (TPSA) is 334 Å². The number of carboxylic acid groups (broad SMARTS) is 1. The normalized spacial score (nSPS) is 24.6. The highest BCUT2D eigenvalue weighted by Crippen LogP contribution is 2.32. The Balaban J connectivity index is 4.53. The number of carboxylic acids is 1. The fraction of sp³-hybridized carbons (Fsp3) is 0.803. The van der Waals surface area contributed by atoms with Crippen molar-refractivity contribution < 1.29 is 72.2 Å². The molecule has 0 radical (unpaired) electrons. The molecule has 28 heteroatoms. The first-order valence-electron chi connectivity index (χ1n) is 37.4. The molecule has 6 N–H and O–H groups in total. The van der Waals surface area contributed by atoms with Crippen LogP contribution >= 0.6 is 11.8 Å². The molecule has 0 aliphatic carbocycles. The molecule has 12 atom stereocenters. The predicted octanol–water partition coefficient (Wildman–Crippen LogP) is 7.47. The molecule has 0 aromatic rings. The van der Waals surface area contributed by atoms with Crippen LogP contribution in [0.4, 0.5) is 4.79 Å². The van der Waals surface area contributed by atoms with Crippen molar-refractivity contribution in [3.05, 3.63) is 11.6 Å². The molecule has 1 aliphatic rings. The quantitative estimate of drug-likeness (QED) is 0.0381. The number of rotatable bonds is 25. The third kappa shape index (κ3) is 30.5. The largest absolute Gasteiger partial charge is 0.481 e. The fourth-order valence-corrected chi connectivity index (χ4v) is 13.8. The van der Waals surface area contributed by atoms with Gasteiger partial charge < -0.3 is 70.7 Å². The molecular weight excluding hydrogens is 1350 g/mol. The van der Waals surface area contributed by atoms with Gasteiger partial charge in [-0.3, -0.25) is 57.5 Å². The molecular formula is C76H136N12O15S. The molecule has 596 valence electrons. The molecule has 0 aromatic carbocycles. The maximum Gasteiger partial charge on any atom is 0.407 e. The van der Waals surface area contributed by atoms with E-state index in [0.717, 1.165) is 19.3 Å². The van der Waals surface area contributed by atoms with Crippen molar-refractivity contribution in [2.75, 3.05) is 61.6 Å². The first-order valence-corrected chi connectivity index (χ1v) is 38.4. The number of aliphatic carboxylic acids is 1. The van der Waals surface area contributed by atoms with Crippen molar-refractivity contribution in [1.29, 1.82) is 0 Å². The Hall–Kier alpha value is -7.00. The van der Waals surface area contributed by atoms with E-state index in [2.05, 4.69) is 26.6 Å². The summed E-state index contributed by atoms with van der Waals surface area (Å²) in [6.07, 6.45) is 5.08. The van der Waals surface area contributed by atoms with Crippen LogP contribution < -0.4 is 26.6 Å². The van der Waals surface area contributed by atoms with E-state index in [1.807, 2.05) is 62.3 Å². The van der Waals surface area contributed by atoms with E-state index in [4.69, 9.17) is 4.74 Å². The molecule has 0 unspecified atom stereocenters. The molecule has 104 heavy (non-hydrogen) atoms. The van der Waals surface area contributed by atoms with E-state index >= 15 is 33.6 Å². The Morgan fingerprint density at radius 1 is 0.519 bits per heavy atom. The summed E-state index contributed by atoms with van der Waals surface area (Å²) in [7, 11) is 10.1. The lowest BCUT2D eigenvalue weighted by atomic mass is 9.92. The van der Waals surface area contributed by atoms with Crippen LogP contribution in [0.3, 0.4) is 0 Å². The number of nitrogens with zero attached hydrogens (tertiary/aromatic N) is 7. The Morgan fingerprint density at radius 3 is 1.46 bits per heavy atom. The van der Waals surface area contributed by atoms with Crippen LogP contribution in [0.25, 0.3) is 0 Å². The lowest BCUT2D eigenvalue weighted by Crippen LogP contribution is -2.62. The molecule has 1 saturated heterocycles. The highest BCUT2D eigenvalue weighted by molar-refractivity contribution is 8.00. The van der Waals surface area contributed by atoms with Gasteiger partial charge in [-0.15, -0.1) is 0 Å². The van der Waals surface area contributed by atoms with Gasteiger partial charge in [0.2, 0.25) is 65.0 Å². The van der Waals surface area contributed by atoms with Gasteiger partial charge in [0.15, 0.2) is 0 Å². The summed E-state index contributed by atoms with van der Waals surface area (Å²) in [5.74, 6) is -10.5. The van der Waals surface area contributed by atoms with E-state index < -0.39 is 166 Å². The second-order valence-corrected chi connectivity index (χ2v) is 34.3. The number of carbonyl (C=O) groups excluding carboxylic acids is 12. The van der Waals surface area contributed by atoms with E-state index in [0.29, 0.717) is 25.0 Å². The zero-order valence-corrected chi connectivity index (χ0v) is 69.3. The van der Waals surface area contributed by atoms with Crippen LogP contribution in [-0.2, 0) is 62.3 Å². The van der Waals surface area contributed by atoms with Crippen LogP contribution in [0.2, 0.25) is 0 Å². The molecule has 0 aromatic heterocycles. The zero-order chi connectivity index (χ0) is 80.5. The van der Waals surface area contributed by atoms with Gasteiger partial charge in [0.25, 0.3) is 0 Å². The summed E-state index contributed by atoms with van der Waals surface area (Å²) in [6.45, 7) is 37.5. The lowest BCUT2D eigenvalue weighted by Gasteiger charge is -2.40. The van der Waals surface area contributed by atoms with Gasteiger partial charge in [-0.2, -0.15) is 11.8 Å². The summed E-state index contributed by atoms with van der Waals surface area (Å²) >= 11 is 1.25. The van der Waals surface area contributed by atoms with Gasteiger partial charge >= 0.3 is 12.1 Å². The zero-order valence-electron chi connectivity index (χ0n) is 68.5. The smallest absolute Gasteiger partial charge is 0.407 e. The third-order valence-corrected chi connectivity index (χ3v) is 20.5. The lowest BCUT2D eigenvalue weighted by molar-refractivity contribution is -0.155. The Bertz CT molecular complexity index is 2930. The Morgan fingerprint density at radius 2 is 0.971 bits per heavy atom. The summed E-state index contributed by atoms with van der Waals surface area (Å²) < 4.78 is 4.61. The fourth-order valence-electron chi connectivity index (χ4n) is 12.6. The predicted molar refractivity (Wildman–Crippen MR) is 407 cm³/mol. The van der Waals surface area contributed by atoms with E-state index in [-0.39, 0.29) is 74.4 Å². The average Bonchev–Trinajstić information content (AvgIpc) is 0.808. The van der Waals surface area contributed by atoms with Crippen molar-refractivity contribution in [3.8, 4) is 0 Å². The molecule has 1 aliphatic heterocycles. The number of hydrogen-bond donors (Lipinski definition) is 6. The van der Waals surface area contributed by atoms with E-state index in [1.54, 1.807) is 75.3 Å². The minimum absolute atomic E-state index is 0.00356. The maximum absolute atomic E-state index is 15.6. The first kappa shape index (κ1) is 95.0. The number of nitrogens with one attached hydrogen (secondary N) is 5. The standard InChI is InChI=1S/C76H136N12O15S/c1-29-53-68(96)87(27)59(43-104-76(20,21)36-35-60(89)90)71(99)82(22)55(39-45(4)5)66(94)81-61(48(10)11)72(100)83(23)54(38-44(2)3)64(92)78-51(15)63(91)79-52(16)67(95)85(25)57(40-46(6)7)69(97)86(26)58(41-47(8)9)70(98)88(28)62(49(12)13)73(101)84(24)56(65(93)80-53)42-50(14)34-32-30-31-33-37-77-74(102)103-75(17,18)19/h40,44-45,47-59,61-62H,29-39,41-43H2,1-28H3,(H,77,102)(H,78,92)(H,79,91)(H,80,93)(H,81,94)(H,89,90)/t50-,51-,52+,53+,54-,55+,56+,57+,58+,59-,61-,62+/m1/s1. The number of allylic oxidation sites excluding steroid dienone is 1. The third-order valence-electron chi connectivity index (χ3n) is 19.0. The monoisotopic (exact) mass is 1490 g/mol.